The maximum absolute atomic E-state index is 9.57. The molecule has 2 nitrogen and oxygen atoms in total. The van der Waals surface area contributed by atoms with Crippen LogP contribution in [0.3, 0.4) is 0 Å². The van der Waals surface area contributed by atoms with E-state index < -0.39 is 0 Å². The Bertz CT molecular complexity index is 147. The summed E-state index contributed by atoms with van der Waals surface area (Å²) in [6.07, 6.45) is 3.38. The van der Waals surface area contributed by atoms with Crippen molar-refractivity contribution < 1.29 is 5.11 Å². The standard InChI is InChI=1S/C11H23NO/c1-4-5-10-6-11(13)8-12(10)7-9(2)3/h9-11,13H,4-8H2,1-3H3/t10-,11+/m1/s1. The van der Waals surface area contributed by atoms with E-state index in [-0.39, 0.29) is 6.10 Å². The van der Waals surface area contributed by atoms with E-state index in [0.717, 1.165) is 19.5 Å². The summed E-state index contributed by atoms with van der Waals surface area (Å²) in [5, 5.41) is 9.57. The Balaban J connectivity index is 2.40. The lowest BCUT2D eigenvalue weighted by Crippen LogP contribution is -2.33. The highest BCUT2D eigenvalue weighted by molar-refractivity contribution is 4.84. The van der Waals surface area contributed by atoms with Gasteiger partial charge < -0.3 is 5.11 Å². The molecule has 0 aromatic heterocycles. The molecule has 1 fully saturated rings. The summed E-state index contributed by atoms with van der Waals surface area (Å²) < 4.78 is 0. The molecule has 0 aromatic rings. The fraction of sp³-hybridized carbons (Fsp3) is 1.00. The first kappa shape index (κ1) is 11.0. The molecule has 2 atom stereocenters. The largest absolute Gasteiger partial charge is 0.392 e. The Morgan fingerprint density at radius 2 is 2.15 bits per heavy atom. The van der Waals surface area contributed by atoms with Crippen LogP contribution in [-0.4, -0.2) is 35.2 Å². The monoisotopic (exact) mass is 185 g/mol. The number of rotatable bonds is 4. The number of hydrogen-bond acceptors (Lipinski definition) is 2. The first-order valence-corrected chi connectivity index (χ1v) is 5.55. The van der Waals surface area contributed by atoms with Crippen LogP contribution >= 0.6 is 0 Å². The van der Waals surface area contributed by atoms with E-state index in [1.165, 1.54) is 12.8 Å². The fourth-order valence-electron chi connectivity index (χ4n) is 2.28. The third kappa shape index (κ3) is 3.28. The predicted molar refractivity (Wildman–Crippen MR) is 55.7 cm³/mol. The highest BCUT2D eigenvalue weighted by Gasteiger charge is 2.29. The lowest BCUT2D eigenvalue weighted by atomic mass is 10.1. The summed E-state index contributed by atoms with van der Waals surface area (Å²) in [5.74, 6) is 0.713. The first-order chi connectivity index (χ1) is 6.13. The molecule has 0 saturated carbocycles. The highest BCUT2D eigenvalue weighted by atomic mass is 16.3. The van der Waals surface area contributed by atoms with Gasteiger partial charge in [0.2, 0.25) is 0 Å². The Morgan fingerprint density at radius 1 is 1.46 bits per heavy atom. The Hall–Kier alpha value is -0.0800. The van der Waals surface area contributed by atoms with Gasteiger partial charge in [0.15, 0.2) is 0 Å². The van der Waals surface area contributed by atoms with Crippen LogP contribution in [0.4, 0.5) is 0 Å². The van der Waals surface area contributed by atoms with Gasteiger partial charge in [-0.2, -0.15) is 0 Å². The van der Waals surface area contributed by atoms with Crippen LogP contribution < -0.4 is 0 Å². The number of aliphatic hydroxyl groups excluding tert-OH is 1. The minimum Gasteiger partial charge on any atom is -0.392 e. The second-order valence-corrected chi connectivity index (χ2v) is 4.68. The minimum atomic E-state index is -0.0738. The summed E-state index contributed by atoms with van der Waals surface area (Å²) in [4.78, 5) is 2.46. The van der Waals surface area contributed by atoms with Crippen molar-refractivity contribution in [1.82, 2.24) is 4.90 Å². The molecule has 0 aromatic carbocycles. The van der Waals surface area contributed by atoms with Crippen molar-refractivity contribution in [2.24, 2.45) is 5.92 Å². The molecule has 1 heterocycles. The summed E-state index contributed by atoms with van der Waals surface area (Å²) in [6.45, 7) is 8.74. The molecule has 1 aliphatic rings. The number of nitrogens with zero attached hydrogens (tertiary/aromatic N) is 1. The average Bonchev–Trinajstić information content (AvgIpc) is 2.31. The molecule has 0 bridgehead atoms. The van der Waals surface area contributed by atoms with E-state index in [0.29, 0.717) is 12.0 Å². The third-order valence-electron chi connectivity index (χ3n) is 2.73. The van der Waals surface area contributed by atoms with Crippen molar-refractivity contribution in [3.05, 3.63) is 0 Å². The molecule has 1 aliphatic heterocycles. The van der Waals surface area contributed by atoms with E-state index in [2.05, 4.69) is 25.7 Å². The normalized spacial score (nSPS) is 30.2. The van der Waals surface area contributed by atoms with Gasteiger partial charge in [-0.3, -0.25) is 4.90 Å². The van der Waals surface area contributed by atoms with Crippen molar-refractivity contribution in [3.8, 4) is 0 Å². The van der Waals surface area contributed by atoms with Crippen molar-refractivity contribution in [3.63, 3.8) is 0 Å². The second-order valence-electron chi connectivity index (χ2n) is 4.68. The molecule has 1 N–H and O–H groups in total. The maximum atomic E-state index is 9.57. The Labute approximate surface area is 81.9 Å². The Kier molecular flexibility index (Phi) is 4.20. The van der Waals surface area contributed by atoms with Gasteiger partial charge in [-0.1, -0.05) is 27.2 Å². The van der Waals surface area contributed by atoms with E-state index >= 15 is 0 Å². The van der Waals surface area contributed by atoms with Crippen molar-refractivity contribution in [1.29, 1.82) is 0 Å². The molecule has 0 spiro atoms. The topological polar surface area (TPSA) is 23.5 Å². The summed E-state index contributed by atoms with van der Waals surface area (Å²) in [5.41, 5.74) is 0. The summed E-state index contributed by atoms with van der Waals surface area (Å²) in [6, 6.07) is 0.641. The van der Waals surface area contributed by atoms with Gasteiger partial charge in [0.05, 0.1) is 6.10 Å². The quantitative estimate of drug-likeness (QED) is 0.723. The lowest BCUT2D eigenvalue weighted by Gasteiger charge is -2.25. The lowest BCUT2D eigenvalue weighted by molar-refractivity contribution is 0.168. The van der Waals surface area contributed by atoms with Crippen LogP contribution in [0.1, 0.15) is 40.0 Å². The van der Waals surface area contributed by atoms with Crippen LogP contribution in [0.2, 0.25) is 0 Å². The molecule has 0 radical (unpaired) electrons. The average molecular weight is 185 g/mol. The van der Waals surface area contributed by atoms with Gasteiger partial charge in [0.1, 0.15) is 0 Å². The second kappa shape index (κ2) is 4.97. The SMILES string of the molecule is CCC[C@@H]1C[C@H](O)CN1CC(C)C. The van der Waals surface area contributed by atoms with Crippen LogP contribution in [-0.2, 0) is 0 Å². The zero-order valence-corrected chi connectivity index (χ0v) is 9.16. The summed E-state index contributed by atoms with van der Waals surface area (Å²) in [7, 11) is 0. The highest BCUT2D eigenvalue weighted by Crippen LogP contribution is 2.22. The van der Waals surface area contributed by atoms with Gasteiger partial charge in [-0.25, -0.2) is 0 Å². The van der Waals surface area contributed by atoms with E-state index in [1.54, 1.807) is 0 Å². The van der Waals surface area contributed by atoms with Crippen molar-refractivity contribution in [2.45, 2.75) is 52.2 Å². The number of β-amino-alcohol motifs (C(OH)–C–C–N with tert-alkyl or cyclic N) is 1. The zero-order valence-electron chi connectivity index (χ0n) is 9.16. The fourth-order valence-corrected chi connectivity index (χ4v) is 2.28. The molecule has 0 unspecified atom stereocenters. The van der Waals surface area contributed by atoms with E-state index in [4.69, 9.17) is 0 Å². The third-order valence-corrected chi connectivity index (χ3v) is 2.73. The van der Waals surface area contributed by atoms with Crippen LogP contribution in [0.25, 0.3) is 0 Å². The molecule has 0 aliphatic carbocycles. The van der Waals surface area contributed by atoms with Crippen LogP contribution in [0.5, 0.6) is 0 Å². The molecular weight excluding hydrogens is 162 g/mol. The number of likely N-dealkylation sites (tertiary alicyclic amines) is 1. The smallest absolute Gasteiger partial charge is 0.0682 e. The molecular formula is C11H23NO. The predicted octanol–water partition coefficient (Wildman–Crippen LogP) is 1.88. The van der Waals surface area contributed by atoms with Crippen molar-refractivity contribution >= 4 is 0 Å². The van der Waals surface area contributed by atoms with Crippen LogP contribution in [0, 0.1) is 5.92 Å². The molecule has 2 heteroatoms. The van der Waals surface area contributed by atoms with Gasteiger partial charge in [0.25, 0.3) is 0 Å². The Morgan fingerprint density at radius 3 is 2.69 bits per heavy atom. The molecule has 1 saturated heterocycles. The summed E-state index contributed by atoms with van der Waals surface area (Å²) >= 11 is 0. The number of hydrogen-bond donors (Lipinski definition) is 1. The molecule has 78 valence electrons. The first-order valence-electron chi connectivity index (χ1n) is 5.55. The van der Waals surface area contributed by atoms with E-state index in [1.807, 2.05) is 0 Å². The van der Waals surface area contributed by atoms with Crippen LogP contribution in [0.15, 0.2) is 0 Å². The van der Waals surface area contributed by atoms with Crippen molar-refractivity contribution in [2.75, 3.05) is 13.1 Å². The van der Waals surface area contributed by atoms with Gasteiger partial charge >= 0.3 is 0 Å². The minimum absolute atomic E-state index is 0.0738. The van der Waals surface area contributed by atoms with Gasteiger partial charge in [0, 0.05) is 19.1 Å². The molecule has 0 amide bonds. The van der Waals surface area contributed by atoms with E-state index in [9.17, 15) is 5.11 Å². The van der Waals surface area contributed by atoms with Gasteiger partial charge in [-0.05, 0) is 18.8 Å². The molecule has 1 rings (SSSR count). The zero-order chi connectivity index (χ0) is 9.84. The maximum Gasteiger partial charge on any atom is 0.0682 e. The molecule has 13 heavy (non-hydrogen) atoms. The van der Waals surface area contributed by atoms with Gasteiger partial charge in [-0.15, -0.1) is 0 Å². The number of aliphatic hydroxyl groups is 1.